The number of nitrogens with zero attached hydrogens (tertiary/aromatic N) is 1. The lowest BCUT2D eigenvalue weighted by Gasteiger charge is -2.32. The molecule has 12 heteroatoms. The van der Waals surface area contributed by atoms with Crippen molar-refractivity contribution in [3.05, 3.63) is 24.3 Å². The van der Waals surface area contributed by atoms with E-state index in [0.29, 0.717) is 16.4 Å². The summed E-state index contributed by atoms with van der Waals surface area (Å²) in [5.74, 6) is -0.938. The normalized spacial score (nSPS) is 21.9. The number of imide groups is 1. The van der Waals surface area contributed by atoms with Gasteiger partial charge in [0.2, 0.25) is 0 Å². The maximum atomic E-state index is 13.5. The summed E-state index contributed by atoms with van der Waals surface area (Å²) in [5, 5.41) is 0. The van der Waals surface area contributed by atoms with E-state index in [1.807, 2.05) is 0 Å². The molecule has 1 aliphatic heterocycles. The third-order valence-electron chi connectivity index (χ3n) is 5.52. The zero-order chi connectivity index (χ0) is 31.1. The maximum absolute atomic E-state index is 13.5. The molecule has 1 heterocycles. The Kier molecular flexibility index (Phi) is 11.4. The molecule has 4 atom stereocenters. The van der Waals surface area contributed by atoms with Crippen molar-refractivity contribution < 1.29 is 52.3 Å². The van der Waals surface area contributed by atoms with Gasteiger partial charge in [-0.15, -0.1) is 0 Å². The Balaban J connectivity index is 2.45. The predicted molar refractivity (Wildman–Crippen MR) is 147 cm³/mol. The first-order valence-electron chi connectivity index (χ1n) is 13.5. The van der Waals surface area contributed by atoms with Crippen molar-refractivity contribution in [1.29, 1.82) is 0 Å². The molecule has 12 nitrogen and oxygen atoms in total. The highest BCUT2D eigenvalue weighted by atomic mass is 16.6. The Hall–Kier alpha value is -3.54. The van der Waals surface area contributed by atoms with E-state index >= 15 is 0 Å². The van der Waals surface area contributed by atoms with Crippen molar-refractivity contribution in [3.8, 4) is 11.5 Å². The van der Waals surface area contributed by atoms with E-state index in [0.717, 1.165) is 0 Å². The second kappa shape index (κ2) is 13.9. The van der Waals surface area contributed by atoms with E-state index in [1.54, 1.807) is 86.6 Å². The molecule has 0 aliphatic carbocycles. The summed E-state index contributed by atoms with van der Waals surface area (Å²) < 4.78 is 39.3. The molecule has 1 aromatic rings. The molecule has 0 N–H and O–H groups in total. The predicted octanol–water partition coefficient (Wildman–Crippen LogP) is 4.51. The topological polar surface area (TPSA) is 136 Å². The van der Waals surface area contributed by atoms with Gasteiger partial charge in [0.1, 0.15) is 28.8 Å². The molecule has 1 aliphatic rings. The summed E-state index contributed by atoms with van der Waals surface area (Å²) in [6.45, 7) is 13.9. The quantitative estimate of drug-likeness (QED) is 0.347. The standard InChI is InChI=1S/C29H43NO11/c1-17(2)24(31)39-22-16-36-15-21(30(26(33)40-28(4,5)6)27(34)41-29(7,8)9)25(32)37-18(3)23(22)38-20-13-11-19(35-10)12-14-20/h11-14,17-18,21-23H,15-16H2,1-10H3. The van der Waals surface area contributed by atoms with Gasteiger partial charge in [-0.05, 0) is 72.7 Å². The third-order valence-corrected chi connectivity index (χ3v) is 5.52. The van der Waals surface area contributed by atoms with Crippen LogP contribution in [0.15, 0.2) is 24.3 Å². The summed E-state index contributed by atoms with van der Waals surface area (Å²) in [5.41, 5.74) is -1.97. The largest absolute Gasteiger partial charge is 0.497 e. The Morgan fingerprint density at radius 1 is 0.902 bits per heavy atom. The van der Waals surface area contributed by atoms with Gasteiger partial charge >= 0.3 is 24.1 Å². The zero-order valence-corrected chi connectivity index (χ0v) is 25.5. The zero-order valence-electron chi connectivity index (χ0n) is 25.5. The molecule has 2 rings (SSSR count). The molecule has 0 aromatic heterocycles. The fourth-order valence-corrected chi connectivity index (χ4v) is 3.59. The van der Waals surface area contributed by atoms with Gasteiger partial charge < -0.3 is 33.2 Å². The van der Waals surface area contributed by atoms with Crippen LogP contribution in [0.3, 0.4) is 0 Å². The SMILES string of the molecule is COc1ccc(OC2C(C)OC(=O)C(N(C(=O)OC(C)(C)C)C(=O)OC(C)(C)C)COCC2OC(=O)C(C)C)cc1. The van der Waals surface area contributed by atoms with Gasteiger partial charge in [-0.3, -0.25) is 4.79 Å². The minimum atomic E-state index is -1.57. The average molecular weight is 582 g/mol. The van der Waals surface area contributed by atoms with Gasteiger partial charge in [-0.2, -0.15) is 4.90 Å². The third kappa shape index (κ3) is 10.4. The highest BCUT2D eigenvalue weighted by Crippen LogP contribution is 2.25. The summed E-state index contributed by atoms with van der Waals surface area (Å²) in [6, 6.07) is 5.10. The Morgan fingerprint density at radius 2 is 1.41 bits per heavy atom. The number of cyclic esters (lactones) is 1. The van der Waals surface area contributed by atoms with Gasteiger partial charge in [0.05, 0.1) is 26.2 Å². The van der Waals surface area contributed by atoms with Crippen molar-refractivity contribution in [3.63, 3.8) is 0 Å². The first-order chi connectivity index (χ1) is 18.9. The van der Waals surface area contributed by atoms with Crippen molar-refractivity contribution in [2.75, 3.05) is 20.3 Å². The van der Waals surface area contributed by atoms with Gasteiger partial charge in [-0.25, -0.2) is 14.4 Å². The van der Waals surface area contributed by atoms with Crippen LogP contribution in [-0.2, 0) is 33.3 Å². The van der Waals surface area contributed by atoms with Gasteiger partial charge in [0.15, 0.2) is 18.2 Å². The number of methoxy groups -OCH3 is 1. The van der Waals surface area contributed by atoms with Crippen LogP contribution >= 0.6 is 0 Å². The molecular formula is C29H43NO11. The van der Waals surface area contributed by atoms with Crippen LogP contribution in [0, 0.1) is 5.92 Å². The van der Waals surface area contributed by atoms with Crippen LogP contribution in [0.2, 0.25) is 0 Å². The molecule has 4 unspecified atom stereocenters. The average Bonchev–Trinajstić information content (AvgIpc) is 2.88. The molecule has 2 amide bonds. The van der Waals surface area contributed by atoms with Crippen LogP contribution in [0.25, 0.3) is 0 Å². The van der Waals surface area contributed by atoms with Crippen LogP contribution in [0.1, 0.15) is 62.3 Å². The molecule has 1 aromatic carbocycles. The van der Waals surface area contributed by atoms with E-state index < -0.39 is 72.2 Å². The molecular weight excluding hydrogens is 538 g/mol. The number of hydrogen-bond acceptors (Lipinski definition) is 11. The van der Waals surface area contributed by atoms with Crippen molar-refractivity contribution in [2.45, 2.75) is 97.9 Å². The van der Waals surface area contributed by atoms with E-state index in [9.17, 15) is 19.2 Å². The highest BCUT2D eigenvalue weighted by Gasteiger charge is 2.45. The minimum absolute atomic E-state index is 0.229. The number of amides is 2. The molecule has 230 valence electrons. The van der Waals surface area contributed by atoms with E-state index in [1.165, 1.54) is 7.11 Å². The number of esters is 2. The fourth-order valence-electron chi connectivity index (χ4n) is 3.59. The fraction of sp³-hybridized carbons (Fsp3) is 0.655. The molecule has 1 fully saturated rings. The smallest absolute Gasteiger partial charge is 0.420 e. The Labute approximate surface area is 241 Å². The lowest BCUT2D eigenvalue weighted by atomic mass is 10.1. The molecule has 41 heavy (non-hydrogen) atoms. The lowest BCUT2D eigenvalue weighted by molar-refractivity contribution is -0.170. The number of ether oxygens (including phenoxy) is 7. The monoisotopic (exact) mass is 581 g/mol. The number of benzene rings is 1. The second-order valence-electron chi connectivity index (χ2n) is 11.9. The first kappa shape index (κ1) is 33.7. The van der Waals surface area contributed by atoms with E-state index in [-0.39, 0.29) is 6.61 Å². The number of hydrogen-bond donors (Lipinski definition) is 0. The second-order valence-corrected chi connectivity index (χ2v) is 11.9. The minimum Gasteiger partial charge on any atom is -0.497 e. The number of carbonyl (C=O) groups is 4. The molecule has 0 radical (unpaired) electrons. The van der Waals surface area contributed by atoms with Gasteiger partial charge in [0, 0.05) is 0 Å². The van der Waals surface area contributed by atoms with Crippen molar-refractivity contribution >= 4 is 24.1 Å². The van der Waals surface area contributed by atoms with Crippen LogP contribution in [0.4, 0.5) is 9.59 Å². The maximum Gasteiger partial charge on any atom is 0.420 e. The van der Waals surface area contributed by atoms with E-state index in [4.69, 9.17) is 33.2 Å². The number of rotatable bonds is 6. The van der Waals surface area contributed by atoms with Gasteiger partial charge in [0.25, 0.3) is 0 Å². The van der Waals surface area contributed by atoms with Crippen LogP contribution in [0.5, 0.6) is 11.5 Å². The first-order valence-corrected chi connectivity index (χ1v) is 13.5. The van der Waals surface area contributed by atoms with Crippen molar-refractivity contribution in [1.82, 2.24) is 4.90 Å². The molecule has 0 spiro atoms. The molecule has 0 saturated carbocycles. The van der Waals surface area contributed by atoms with Crippen LogP contribution < -0.4 is 9.47 Å². The Bertz CT molecular complexity index is 1030. The summed E-state index contributed by atoms with van der Waals surface area (Å²) >= 11 is 0. The summed E-state index contributed by atoms with van der Waals surface area (Å²) in [6.07, 6.45) is -5.26. The Morgan fingerprint density at radius 3 is 1.88 bits per heavy atom. The molecule has 0 bridgehead atoms. The summed E-state index contributed by atoms with van der Waals surface area (Å²) in [7, 11) is 1.53. The summed E-state index contributed by atoms with van der Waals surface area (Å²) in [4.78, 5) is 53.0. The highest BCUT2D eigenvalue weighted by molar-refractivity contribution is 5.94. The lowest BCUT2D eigenvalue weighted by Crippen LogP contribution is -2.54. The van der Waals surface area contributed by atoms with Gasteiger partial charge in [-0.1, -0.05) is 13.8 Å². The van der Waals surface area contributed by atoms with Crippen molar-refractivity contribution in [2.24, 2.45) is 5.92 Å². The van der Waals surface area contributed by atoms with Crippen LogP contribution in [-0.4, -0.2) is 84.9 Å². The number of carbonyl (C=O) groups excluding carboxylic acids is 4. The molecule has 1 saturated heterocycles. The van der Waals surface area contributed by atoms with E-state index in [2.05, 4.69) is 0 Å².